The zero-order chi connectivity index (χ0) is 21.4. The van der Waals surface area contributed by atoms with Crippen LogP contribution in [0.4, 0.5) is 11.4 Å². The SMILES string of the molecule is CCCCNC(=O)c1ccccc1NC(=O)c1cc(C(=O)OC)cc([N+](=O)[O-])c1. The fourth-order valence-corrected chi connectivity index (χ4v) is 2.54. The van der Waals surface area contributed by atoms with E-state index in [0.717, 1.165) is 32.1 Å². The van der Waals surface area contributed by atoms with Crippen LogP contribution >= 0.6 is 0 Å². The second-order valence-electron chi connectivity index (χ2n) is 6.13. The number of para-hydroxylation sites is 1. The van der Waals surface area contributed by atoms with Gasteiger partial charge in [-0.15, -0.1) is 0 Å². The van der Waals surface area contributed by atoms with Gasteiger partial charge >= 0.3 is 5.97 Å². The number of nitro groups is 1. The summed E-state index contributed by atoms with van der Waals surface area (Å²) in [5.41, 5.74) is -0.157. The van der Waals surface area contributed by atoms with E-state index in [0.29, 0.717) is 6.54 Å². The van der Waals surface area contributed by atoms with E-state index in [2.05, 4.69) is 15.4 Å². The van der Waals surface area contributed by atoms with Gasteiger partial charge in [0.1, 0.15) is 0 Å². The number of unbranched alkanes of at least 4 members (excludes halogenated alkanes) is 1. The van der Waals surface area contributed by atoms with Gasteiger partial charge in [0.2, 0.25) is 0 Å². The first-order chi connectivity index (χ1) is 13.9. The fourth-order valence-electron chi connectivity index (χ4n) is 2.54. The number of benzene rings is 2. The monoisotopic (exact) mass is 399 g/mol. The van der Waals surface area contributed by atoms with E-state index in [4.69, 9.17) is 0 Å². The Morgan fingerprint density at radius 3 is 2.41 bits per heavy atom. The van der Waals surface area contributed by atoms with Crippen LogP contribution < -0.4 is 10.6 Å². The molecule has 0 aliphatic carbocycles. The van der Waals surface area contributed by atoms with Crippen molar-refractivity contribution in [3.05, 3.63) is 69.3 Å². The second kappa shape index (κ2) is 9.98. The summed E-state index contributed by atoms with van der Waals surface area (Å²) in [6.07, 6.45) is 1.75. The molecule has 0 saturated carbocycles. The number of methoxy groups -OCH3 is 1. The van der Waals surface area contributed by atoms with Crippen LogP contribution in [0.1, 0.15) is 50.8 Å². The number of anilines is 1. The molecule has 0 atom stereocenters. The maximum atomic E-state index is 12.7. The number of carbonyl (C=O) groups is 3. The van der Waals surface area contributed by atoms with Gasteiger partial charge in [0.15, 0.2) is 0 Å². The number of rotatable bonds is 8. The molecule has 2 N–H and O–H groups in total. The largest absolute Gasteiger partial charge is 0.465 e. The number of esters is 1. The summed E-state index contributed by atoms with van der Waals surface area (Å²) >= 11 is 0. The lowest BCUT2D eigenvalue weighted by Crippen LogP contribution is -2.26. The van der Waals surface area contributed by atoms with Gasteiger partial charge in [-0.3, -0.25) is 19.7 Å². The molecular weight excluding hydrogens is 378 g/mol. The van der Waals surface area contributed by atoms with Crippen molar-refractivity contribution in [3.8, 4) is 0 Å². The lowest BCUT2D eigenvalue weighted by atomic mass is 10.1. The van der Waals surface area contributed by atoms with E-state index in [1.807, 2.05) is 6.92 Å². The summed E-state index contributed by atoms with van der Waals surface area (Å²) in [6.45, 7) is 2.51. The van der Waals surface area contributed by atoms with Gasteiger partial charge in [-0.2, -0.15) is 0 Å². The highest BCUT2D eigenvalue weighted by Gasteiger charge is 2.20. The minimum Gasteiger partial charge on any atom is -0.465 e. The lowest BCUT2D eigenvalue weighted by molar-refractivity contribution is -0.384. The Morgan fingerprint density at radius 1 is 1.07 bits per heavy atom. The average Bonchev–Trinajstić information content (AvgIpc) is 2.73. The fraction of sp³-hybridized carbons (Fsp3) is 0.250. The number of amides is 2. The zero-order valence-corrected chi connectivity index (χ0v) is 16.1. The van der Waals surface area contributed by atoms with Crippen molar-refractivity contribution >= 4 is 29.2 Å². The Labute approximate surface area is 167 Å². The Balaban J connectivity index is 2.31. The standard InChI is InChI=1S/C20H21N3O6/c1-3-4-9-21-19(25)16-7-5-6-8-17(16)22-18(24)13-10-14(20(26)29-2)12-15(11-13)23(27)28/h5-8,10-12H,3-4,9H2,1-2H3,(H,21,25)(H,22,24). The minimum absolute atomic E-state index is 0.110. The first-order valence-corrected chi connectivity index (χ1v) is 8.93. The first-order valence-electron chi connectivity index (χ1n) is 8.93. The number of carbonyl (C=O) groups excluding carboxylic acids is 3. The molecule has 9 nitrogen and oxygen atoms in total. The molecule has 0 aliphatic rings. The minimum atomic E-state index is -0.807. The van der Waals surface area contributed by atoms with Crippen LogP contribution in [0, 0.1) is 10.1 Å². The summed E-state index contributed by atoms with van der Waals surface area (Å²) in [7, 11) is 1.13. The van der Waals surface area contributed by atoms with Crippen LogP contribution in [0.5, 0.6) is 0 Å². The Morgan fingerprint density at radius 2 is 1.76 bits per heavy atom. The quantitative estimate of drug-likeness (QED) is 0.304. The van der Waals surface area contributed by atoms with E-state index < -0.39 is 22.5 Å². The van der Waals surface area contributed by atoms with Gasteiger partial charge in [-0.1, -0.05) is 25.5 Å². The molecule has 0 spiro atoms. The predicted octanol–water partition coefficient (Wildman–Crippen LogP) is 3.16. The third-order valence-electron chi connectivity index (χ3n) is 4.05. The van der Waals surface area contributed by atoms with Gasteiger partial charge in [0.25, 0.3) is 17.5 Å². The first kappa shape index (κ1) is 21.5. The molecule has 9 heteroatoms. The molecule has 0 fully saturated rings. The molecular formula is C20H21N3O6. The molecule has 29 heavy (non-hydrogen) atoms. The molecule has 2 aromatic rings. The predicted molar refractivity (Wildman–Crippen MR) is 106 cm³/mol. The molecule has 0 heterocycles. The van der Waals surface area contributed by atoms with Crippen LogP contribution in [-0.4, -0.2) is 36.4 Å². The molecule has 0 radical (unpaired) electrons. The van der Waals surface area contributed by atoms with Gasteiger partial charge < -0.3 is 15.4 Å². The third kappa shape index (κ3) is 5.61. The normalized spacial score (nSPS) is 10.1. The summed E-state index contributed by atoms with van der Waals surface area (Å²) in [5.74, 6) is -1.85. The van der Waals surface area contributed by atoms with Crippen molar-refractivity contribution in [2.24, 2.45) is 0 Å². The van der Waals surface area contributed by atoms with Crippen molar-refractivity contribution in [1.29, 1.82) is 0 Å². The molecule has 0 saturated heterocycles. The van der Waals surface area contributed by atoms with E-state index >= 15 is 0 Å². The number of non-ortho nitro benzene ring substituents is 1. The second-order valence-corrected chi connectivity index (χ2v) is 6.13. The van der Waals surface area contributed by atoms with Crippen molar-refractivity contribution < 1.29 is 24.0 Å². The van der Waals surface area contributed by atoms with Crippen molar-refractivity contribution in [2.45, 2.75) is 19.8 Å². The zero-order valence-electron chi connectivity index (χ0n) is 16.1. The highest BCUT2D eigenvalue weighted by molar-refractivity contribution is 6.10. The number of hydrogen-bond acceptors (Lipinski definition) is 6. The van der Waals surface area contributed by atoms with Crippen LogP contribution in [0.15, 0.2) is 42.5 Å². The number of nitrogens with one attached hydrogen (secondary N) is 2. The van der Waals surface area contributed by atoms with Crippen molar-refractivity contribution in [1.82, 2.24) is 5.32 Å². The number of nitro benzene ring substituents is 1. The molecule has 2 aromatic carbocycles. The Bertz CT molecular complexity index is 942. The maximum absolute atomic E-state index is 12.7. The maximum Gasteiger partial charge on any atom is 0.338 e. The van der Waals surface area contributed by atoms with E-state index in [9.17, 15) is 24.5 Å². The van der Waals surface area contributed by atoms with Crippen molar-refractivity contribution in [2.75, 3.05) is 19.0 Å². The average molecular weight is 399 g/mol. The molecule has 152 valence electrons. The molecule has 2 amide bonds. The summed E-state index contributed by atoms with van der Waals surface area (Å²) in [6, 6.07) is 9.68. The van der Waals surface area contributed by atoms with Crippen LogP contribution in [0.3, 0.4) is 0 Å². The molecule has 0 aromatic heterocycles. The Kier molecular flexibility index (Phi) is 7.41. The van der Waals surface area contributed by atoms with E-state index in [1.54, 1.807) is 24.3 Å². The van der Waals surface area contributed by atoms with Crippen LogP contribution in [0.2, 0.25) is 0 Å². The van der Waals surface area contributed by atoms with Gasteiger partial charge in [0, 0.05) is 24.2 Å². The third-order valence-corrected chi connectivity index (χ3v) is 4.05. The molecule has 0 unspecified atom stereocenters. The van der Waals surface area contributed by atoms with Crippen molar-refractivity contribution in [3.63, 3.8) is 0 Å². The van der Waals surface area contributed by atoms with E-state index in [1.165, 1.54) is 6.07 Å². The van der Waals surface area contributed by atoms with Gasteiger partial charge in [-0.05, 0) is 24.6 Å². The topological polar surface area (TPSA) is 128 Å². The molecule has 0 bridgehead atoms. The number of nitrogens with zero attached hydrogens (tertiary/aromatic N) is 1. The van der Waals surface area contributed by atoms with Gasteiger partial charge in [-0.25, -0.2) is 4.79 Å². The number of hydrogen-bond donors (Lipinski definition) is 2. The van der Waals surface area contributed by atoms with Crippen LogP contribution in [0.25, 0.3) is 0 Å². The lowest BCUT2D eigenvalue weighted by Gasteiger charge is -2.12. The number of ether oxygens (including phenoxy) is 1. The molecule has 0 aliphatic heterocycles. The smallest absolute Gasteiger partial charge is 0.338 e. The summed E-state index contributed by atoms with van der Waals surface area (Å²) < 4.78 is 4.58. The van der Waals surface area contributed by atoms with Gasteiger partial charge in [0.05, 0.1) is 28.8 Å². The molecule has 2 rings (SSSR count). The summed E-state index contributed by atoms with van der Waals surface area (Å²) in [5, 5.41) is 16.5. The Hall–Kier alpha value is -3.75. The highest BCUT2D eigenvalue weighted by atomic mass is 16.6. The summed E-state index contributed by atoms with van der Waals surface area (Å²) in [4.78, 5) is 47.2. The van der Waals surface area contributed by atoms with Crippen LogP contribution in [-0.2, 0) is 4.74 Å². The van der Waals surface area contributed by atoms with E-state index in [-0.39, 0.29) is 28.3 Å². The highest BCUT2D eigenvalue weighted by Crippen LogP contribution is 2.21.